The van der Waals surface area contributed by atoms with E-state index < -0.39 is 0 Å². The summed E-state index contributed by atoms with van der Waals surface area (Å²) in [6, 6.07) is 0. The van der Waals surface area contributed by atoms with Crippen LogP contribution in [-0.4, -0.2) is 11.6 Å². The largest absolute Gasteiger partial charge is 0.299 e. The summed E-state index contributed by atoms with van der Waals surface area (Å²) in [5.74, 6) is 0.0765. The van der Waals surface area contributed by atoms with Crippen molar-refractivity contribution in [3.63, 3.8) is 0 Å². The highest BCUT2D eigenvalue weighted by atomic mass is 16.1. The summed E-state index contributed by atoms with van der Waals surface area (Å²) >= 11 is 0. The minimum absolute atomic E-state index is 0.166. The topological polar surface area (TPSA) is 34.1 Å². The van der Waals surface area contributed by atoms with E-state index in [9.17, 15) is 9.59 Å². The van der Waals surface area contributed by atoms with Gasteiger partial charge < -0.3 is 0 Å². The lowest BCUT2D eigenvalue weighted by Crippen LogP contribution is -2.35. The van der Waals surface area contributed by atoms with Crippen LogP contribution in [0.15, 0.2) is 0 Å². The zero-order valence-electron chi connectivity index (χ0n) is 10.8. The molecule has 1 rings (SSSR count). The smallest absolute Gasteiger partial charge is 0.143 e. The summed E-state index contributed by atoms with van der Waals surface area (Å²) in [6.45, 7) is 6.44. The van der Waals surface area contributed by atoms with Crippen molar-refractivity contribution in [2.75, 3.05) is 0 Å². The lowest BCUT2D eigenvalue weighted by Gasteiger charge is -2.33. The third kappa shape index (κ3) is 3.73. The van der Waals surface area contributed by atoms with E-state index in [0.29, 0.717) is 12.8 Å². The van der Waals surface area contributed by atoms with E-state index in [1.807, 2.05) is 0 Å². The van der Waals surface area contributed by atoms with Gasteiger partial charge in [0, 0.05) is 12.8 Å². The molecule has 0 aromatic carbocycles. The second-order valence-corrected chi connectivity index (χ2v) is 5.81. The van der Waals surface area contributed by atoms with Crippen molar-refractivity contribution in [3.8, 4) is 0 Å². The molecular weight excluding hydrogens is 200 g/mol. The normalized spacial score (nSPS) is 24.4. The van der Waals surface area contributed by atoms with Gasteiger partial charge in [0.05, 0.1) is 5.92 Å². The zero-order valence-corrected chi connectivity index (χ0v) is 10.8. The minimum Gasteiger partial charge on any atom is -0.299 e. The summed E-state index contributed by atoms with van der Waals surface area (Å²) < 4.78 is 0. The van der Waals surface area contributed by atoms with Crippen molar-refractivity contribution < 1.29 is 9.59 Å². The van der Waals surface area contributed by atoms with Gasteiger partial charge in [-0.1, -0.05) is 33.6 Å². The molecule has 1 saturated carbocycles. The first-order valence-corrected chi connectivity index (χ1v) is 6.52. The molecular formula is C14H24O2. The van der Waals surface area contributed by atoms with E-state index in [4.69, 9.17) is 0 Å². The Kier molecular flexibility index (Phi) is 4.69. The molecule has 0 amide bonds. The van der Waals surface area contributed by atoms with Crippen LogP contribution in [0.1, 0.15) is 65.7 Å². The Bertz CT molecular complexity index is 266. The highest BCUT2D eigenvalue weighted by Crippen LogP contribution is 2.37. The van der Waals surface area contributed by atoms with Gasteiger partial charge in [-0.05, 0) is 24.7 Å². The standard InChI is InChI=1S/C14H24O2/c1-4-5-6-7-12(15)11-10-14(2,3)9-8-13(11)16/h11H,4-10H2,1-3H3. The maximum atomic E-state index is 12.0. The summed E-state index contributed by atoms with van der Waals surface area (Å²) in [6.07, 6.45) is 6.05. The molecule has 0 spiro atoms. The van der Waals surface area contributed by atoms with E-state index in [-0.39, 0.29) is 22.9 Å². The highest BCUT2D eigenvalue weighted by molar-refractivity contribution is 6.02. The number of hydrogen-bond acceptors (Lipinski definition) is 2. The van der Waals surface area contributed by atoms with Crippen molar-refractivity contribution in [1.29, 1.82) is 0 Å². The van der Waals surface area contributed by atoms with Crippen molar-refractivity contribution >= 4 is 11.6 Å². The van der Waals surface area contributed by atoms with Crippen LogP contribution in [-0.2, 0) is 9.59 Å². The summed E-state index contributed by atoms with van der Waals surface area (Å²) in [4.78, 5) is 23.7. The monoisotopic (exact) mass is 224 g/mol. The number of carbonyl (C=O) groups excluding carboxylic acids is 2. The third-order valence-corrected chi connectivity index (χ3v) is 3.61. The first-order valence-electron chi connectivity index (χ1n) is 6.52. The molecule has 1 fully saturated rings. The maximum Gasteiger partial charge on any atom is 0.143 e. The first-order chi connectivity index (χ1) is 7.46. The minimum atomic E-state index is -0.291. The fraction of sp³-hybridized carbons (Fsp3) is 0.857. The predicted octanol–water partition coefficient (Wildman–Crippen LogP) is 3.53. The second-order valence-electron chi connectivity index (χ2n) is 5.81. The van der Waals surface area contributed by atoms with Crippen molar-refractivity contribution in [3.05, 3.63) is 0 Å². The van der Waals surface area contributed by atoms with E-state index >= 15 is 0 Å². The zero-order chi connectivity index (χ0) is 12.2. The van der Waals surface area contributed by atoms with Gasteiger partial charge in [0.15, 0.2) is 0 Å². The SMILES string of the molecule is CCCCCC(=O)C1CC(C)(C)CCC1=O. The van der Waals surface area contributed by atoms with Gasteiger partial charge in [-0.25, -0.2) is 0 Å². The molecule has 0 aliphatic heterocycles. The fourth-order valence-corrected chi connectivity index (χ4v) is 2.42. The van der Waals surface area contributed by atoms with Gasteiger partial charge in [0.1, 0.15) is 11.6 Å². The third-order valence-electron chi connectivity index (χ3n) is 3.61. The average Bonchev–Trinajstić information content (AvgIpc) is 2.22. The number of Topliss-reactive ketones (excluding diaryl/α,β-unsaturated/α-hetero) is 2. The Morgan fingerprint density at radius 1 is 1.38 bits per heavy atom. The number of hydrogen-bond donors (Lipinski definition) is 0. The second kappa shape index (κ2) is 5.60. The van der Waals surface area contributed by atoms with Crippen LogP contribution >= 0.6 is 0 Å². The van der Waals surface area contributed by atoms with Gasteiger partial charge in [0.2, 0.25) is 0 Å². The van der Waals surface area contributed by atoms with E-state index in [1.165, 1.54) is 0 Å². The molecule has 0 radical (unpaired) electrons. The van der Waals surface area contributed by atoms with Gasteiger partial charge in [0.25, 0.3) is 0 Å². The van der Waals surface area contributed by atoms with Crippen LogP contribution in [0, 0.1) is 11.3 Å². The van der Waals surface area contributed by atoms with E-state index in [2.05, 4.69) is 20.8 Å². The molecule has 1 aliphatic carbocycles. The van der Waals surface area contributed by atoms with Crippen LogP contribution in [0.5, 0.6) is 0 Å². The van der Waals surface area contributed by atoms with E-state index in [1.54, 1.807) is 0 Å². The first kappa shape index (κ1) is 13.4. The van der Waals surface area contributed by atoms with Crippen LogP contribution < -0.4 is 0 Å². The molecule has 0 saturated heterocycles. The lowest BCUT2D eigenvalue weighted by molar-refractivity contribution is -0.136. The van der Waals surface area contributed by atoms with Gasteiger partial charge >= 0.3 is 0 Å². The molecule has 1 unspecified atom stereocenters. The Balaban J connectivity index is 2.49. The van der Waals surface area contributed by atoms with Gasteiger partial charge in [-0.2, -0.15) is 0 Å². The Hall–Kier alpha value is -0.660. The fourth-order valence-electron chi connectivity index (χ4n) is 2.42. The number of ketones is 2. The van der Waals surface area contributed by atoms with E-state index in [0.717, 1.165) is 32.1 Å². The molecule has 16 heavy (non-hydrogen) atoms. The quantitative estimate of drug-likeness (QED) is 0.529. The molecule has 0 N–H and O–H groups in total. The average molecular weight is 224 g/mol. The molecule has 2 nitrogen and oxygen atoms in total. The summed E-state index contributed by atoms with van der Waals surface area (Å²) in [5, 5.41) is 0. The van der Waals surface area contributed by atoms with Crippen LogP contribution in [0.4, 0.5) is 0 Å². The molecule has 92 valence electrons. The lowest BCUT2D eigenvalue weighted by atomic mass is 9.70. The number of rotatable bonds is 5. The van der Waals surface area contributed by atoms with Crippen LogP contribution in [0.3, 0.4) is 0 Å². The molecule has 0 bridgehead atoms. The van der Waals surface area contributed by atoms with Gasteiger partial charge in [-0.15, -0.1) is 0 Å². The molecule has 0 aromatic heterocycles. The van der Waals surface area contributed by atoms with Crippen molar-refractivity contribution in [1.82, 2.24) is 0 Å². The summed E-state index contributed by atoms with van der Waals surface area (Å²) in [5.41, 5.74) is 0.166. The molecule has 1 atom stereocenters. The van der Waals surface area contributed by atoms with Crippen LogP contribution in [0.2, 0.25) is 0 Å². The predicted molar refractivity (Wildman–Crippen MR) is 65.3 cm³/mol. The molecule has 0 aromatic rings. The van der Waals surface area contributed by atoms with Crippen molar-refractivity contribution in [2.45, 2.75) is 65.7 Å². The van der Waals surface area contributed by atoms with Crippen molar-refractivity contribution in [2.24, 2.45) is 11.3 Å². The molecule has 1 aliphatic rings. The Morgan fingerprint density at radius 3 is 2.69 bits per heavy atom. The van der Waals surface area contributed by atoms with Crippen LogP contribution in [0.25, 0.3) is 0 Å². The highest BCUT2D eigenvalue weighted by Gasteiger charge is 2.36. The number of unbranched alkanes of at least 4 members (excludes halogenated alkanes) is 2. The maximum absolute atomic E-state index is 12.0. The number of carbonyl (C=O) groups is 2. The molecule has 2 heteroatoms. The summed E-state index contributed by atoms with van der Waals surface area (Å²) in [7, 11) is 0. The Morgan fingerprint density at radius 2 is 2.06 bits per heavy atom. The molecule has 0 heterocycles. The van der Waals surface area contributed by atoms with Gasteiger partial charge in [-0.3, -0.25) is 9.59 Å². The Labute approximate surface area is 98.8 Å².